The number of rotatable bonds is 7. The molecule has 1 N–H and O–H groups in total. The van der Waals surface area contributed by atoms with E-state index in [1.165, 1.54) is 11.1 Å². The molecule has 0 radical (unpaired) electrons. The first kappa shape index (κ1) is 19.6. The minimum atomic E-state index is 0.327. The van der Waals surface area contributed by atoms with E-state index in [9.17, 15) is 0 Å². The standard InChI is InChI=1S/C21H18Cl3NS/c22-18-5-1-15(2-6-18)13-17(16-3-7-19(23)8-4-16)14-25-26-21-11-9-20(24)10-12-21/h1-12,17,25H,13-14H2. The Kier molecular flexibility index (Phi) is 7.30. The first-order valence-corrected chi connectivity index (χ1v) is 10.2. The van der Waals surface area contributed by atoms with Gasteiger partial charge in [-0.25, -0.2) is 0 Å². The van der Waals surface area contributed by atoms with Crippen molar-refractivity contribution in [1.82, 2.24) is 4.72 Å². The van der Waals surface area contributed by atoms with Gasteiger partial charge in [0.1, 0.15) is 0 Å². The second-order valence-electron chi connectivity index (χ2n) is 5.98. The molecule has 3 aromatic carbocycles. The Morgan fingerprint density at radius 1 is 0.692 bits per heavy atom. The van der Waals surface area contributed by atoms with Crippen LogP contribution in [-0.4, -0.2) is 6.54 Å². The highest BCUT2D eigenvalue weighted by Crippen LogP contribution is 2.25. The highest BCUT2D eigenvalue weighted by Gasteiger charge is 2.13. The number of hydrogen-bond acceptors (Lipinski definition) is 2. The van der Waals surface area contributed by atoms with Crippen LogP contribution in [-0.2, 0) is 6.42 Å². The molecule has 0 spiro atoms. The lowest BCUT2D eigenvalue weighted by atomic mass is 9.92. The maximum Gasteiger partial charge on any atom is 0.0406 e. The fourth-order valence-electron chi connectivity index (χ4n) is 2.68. The van der Waals surface area contributed by atoms with E-state index in [2.05, 4.69) is 29.0 Å². The molecule has 3 aromatic rings. The van der Waals surface area contributed by atoms with Gasteiger partial charge in [0.2, 0.25) is 0 Å². The fraction of sp³-hybridized carbons (Fsp3) is 0.143. The van der Waals surface area contributed by atoms with Crippen LogP contribution in [0.3, 0.4) is 0 Å². The summed E-state index contributed by atoms with van der Waals surface area (Å²) >= 11 is 19.6. The second kappa shape index (κ2) is 9.68. The topological polar surface area (TPSA) is 12.0 Å². The first-order chi connectivity index (χ1) is 12.6. The quantitative estimate of drug-likeness (QED) is 0.402. The minimum absolute atomic E-state index is 0.327. The Labute approximate surface area is 173 Å². The summed E-state index contributed by atoms with van der Waals surface area (Å²) in [6.45, 7) is 0.831. The molecule has 5 heteroatoms. The van der Waals surface area contributed by atoms with Crippen molar-refractivity contribution in [3.8, 4) is 0 Å². The molecule has 1 unspecified atom stereocenters. The number of benzene rings is 3. The molecule has 134 valence electrons. The minimum Gasteiger partial charge on any atom is -0.259 e. The molecule has 0 aliphatic heterocycles. The van der Waals surface area contributed by atoms with Gasteiger partial charge in [0.15, 0.2) is 0 Å². The van der Waals surface area contributed by atoms with Gasteiger partial charge in [0.25, 0.3) is 0 Å². The summed E-state index contributed by atoms with van der Waals surface area (Å²) in [6, 6.07) is 23.9. The average molecular weight is 423 g/mol. The van der Waals surface area contributed by atoms with E-state index >= 15 is 0 Å². The van der Waals surface area contributed by atoms with Gasteiger partial charge in [-0.15, -0.1) is 0 Å². The summed E-state index contributed by atoms with van der Waals surface area (Å²) in [4.78, 5) is 1.13. The van der Waals surface area contributed by atoms with Gasteiger partial charge in [-0.05, 0) is 78.0 Å². The maximum atomic E-state index is 6.05. The van der Waals surface area contributed by atoms with Crippen LogP contribution in [0.25, 0.3) is 0 Å². The molecular formula is C21H18Cl3NS. The van der Waals surface area contributed by atoms with E-state index in [1.807, 2.05) is 48.5 Å². The van der Waals surface area contributed by atoms with Crippen molar-refractivity contribution >= 4 is 46.8 Å². The van der Waals surface area contributed by atoms with Crippen molar-refractivity contribution in [2.45, 2.75) is 17.2 Å². The van der Waals surface area contributed by atoms with Gasteiger partial charge >= 0.3 is 0 Å². The van der Waals surface area contributed by atoms with E-state index in [0.717, 1.165) is 32.9 Å². The van der Waals surface area contributed by atoms with Crippen LogP contribution in [0, 0.1) is 0 Å². The van der Waals surface area contributed by atoms with Crippen LogP contribution in [0.2, 0.25) is 15.1 Å². The number of halogens is 3. The molecule has 0 amide bonds. The van der Waals surface area contributed by atoms with Gasteiger partial charge in [-0.2, -0.15) is 0 Å². The summed E-state index contributed by atoms with van der Waals surface area (Å²) in [5.74, 6) is 0.327. The van der Waals surface area contributed by atoms with Crippen LogP contribution in [0.15, 0.2) is 77.7 Å². The number of hydrogen-bond donors (Lipinski definition) is 1. The summed E-state index contributed by atoms with van der Waals surface area (Å²) in [7, 11) is 0. The Bertz CT molecular complexity index is 817. The molecule has 1 nitrogen and oxygen atoms in total. The Balaban J connectivity index is 1.68. The molecule has 26 heavy (non-hydrogen) atoms. The molecule has 0 aliphatic carbocycles. The molecule has 0 aromatic heterocycles. The summed E-state index contributed by atoms with van der Waals surface area (Å²) in [5, 5.41) is 2.26. The third-order valence-electron chi connectivity index (χ3n) is 4.07. The van der Waals surface area contributed by atoms with Crippen LogP contribution in [0.4, 0.5) is 0 Å². The molecule has 1 atom stereocenters. The SMILES string of the molecule is Clc1ccc(CC(CNSc2ccc(Cl)cc2)c2ccc(Cl)cc2)cc1. The zero-order chi connectivity index (χ0) is 18.4. The normalized spacial score (nSPS) is 12.1. The lowest BCUT2D eigenvalue weighted by Gasteiger charge is -2.18. The Morgan fingerprint density at radius 3 is 1.77 bits per heavy atom. The van der Waals surface area contributed by atoms with Crippen LogP contribution >= 0.6 is 46.8 Å². The number of nitrogens with one attached hydrogen (secondary N) is 1. The third-order valence-corrected chi connectivity index (χ3v) is 5.64. The van der Waals surface area contributed by atoms with Gasteiger partial charge in [-0.1, -0.05) is 59.1 Å². The van der Waals surface area contributed by atoms with Crippen molar-refractivity contribution in [3.63, 3.8) is 0 Å². The zero-order valence-corrected chi connectivity index (χ0v) is 17.0. The van der Waals surface area contributed by atoms with Crippen molar-refractivity contribution in [3.05, 3.63) is 99.0 Å². The van der Waals surface area contributed by atoms with E-state index in [4.69, 9.17) is 34.8 Å². The van der Waals surface area contributed by atoms with Crippen molar-refractivity contribution in [1.29, 1.82) is 0 Å². The average Bonchev–Trinajstić information content (AvgIpc) is 2.65. The zero-order valence-electron chi connectivity index (χ0n) is 14.0. The third kappa shape index (κ3) is 5.94. The van der Waals surface area contributed by atoms with Gasteiger partial charge < -0.3 is 0 Å². The van der Waals surface area contributed by atoms with Crippen LogP contribution < -0.4 is 4.72 Å². The molecule has 0 fully saturated rings. The smallest absolute Gasteiger partial charge is 0.0406 e. The predicted octanol–water partition coefficient (Wildman–Crippen LogP) is 7.27. The van der Waals surface area contributed by atoms with E-state index in [0.29, 0.717) is 5.92 Å². The van der Waals surface area contributed by atoms with E-state index in [1.54, 1.807) is 11.9 Å². The van der Waals surface area contributed by atoms with Crippen LogP contribution in [0.1, 0.15) is 17.0 Å². The molecular weight excluding hydrogens is 405 g/mol. The molecule has 0 heterocycles. The maximum absolute atomic E-state index is 6.05. The highest BCUT2D eigenvalue weighted by molar-refractivity contribution is 7.97. The molecule has 3 rings (SSSR count). The fourth-order valence-corrected chi connectivity index (χ4v) is 3.78. The van der Waals surface area contributed by atoms with Gasteiger partial charge in [0, 0.05) is 32.4 Å². The summed E-state index contributed by atoms with van der Waals surface area (Å²) in [6.07, 6.45) is 0.924. The van der Waals surface area contributed by atoms with E-state index in [-0.39, 0.29) is 0 Å². The molecule has 0 saturated heterocycles. The predicted molar refractivity (Wildman–Crippen MR) is 115 cm³/mol. The van der Waals surface area contributed by atoms with Gasteiger partial charge in [-0.3, -0.25) is 4.72 Å². The summed E-state index contributed by atoms with van der Waals surface area (Å²) < 4.78 is 3.48. The monoisotopic (exact) mass is 421 g/mol. The van der Waals surface area contributed by atoms with Crippen molar-refractivity contribution in [2.24, 2.45) is 0 Å². The largest absolute Gasteiger partial charge is 0.259 e. The van der Waals surface area contributed by atoms with Crippen LogP contribution in [0.5, 0.6) is 0 Å². The lowest BCUT2D eigenvalue weighted by molar-refractivity contribution is 0.671. The summed E-state index contributed by atoms with van der Waals surface area (Å²) in [5.41, 5.74) is 2.51. The second-order valence-corrected chi connectivity index (χ2v) is 8.26. The Hall–Kier alpha value is -1.16. The van der Waals surface area contributed by atoms with Crippen molar-refractivity contribution in [2.75, 3.05) is 6.54 Å². The lowest BCUT2D eigenvalue weighted by Crippen LogP contribution is -2.17. The highest BCUT2D eigenvalue weighted by atomic mass is 35.5. The van der Waals surface area contributed by atoms with E-state index < -0.39 is 0 Å². The molecule has 0 aliphatic rings. The van der Waals surface area contributed by atoms with Crippen molar-refractivity contribution < 1.29 is 0 Å². The first-order valence-electron chi connectivity index (χ1n) is 8.25. The molecule has 0 bridgehead atoms. The Morgan fingerprint density at radius 2 is 1.19 bits per heavy atom. The van der Waals surface area contributed by atoms with Gasteiger partial charge in [0.05, 0.1) is 0 Å². The molecule has 0 saturated carbocycles.